The standard InChI is InChI=1S/C25H38N8O8S/c1-12(34)19(26)23(39)31-15(10-14-7-9-33(11-14)25(27)28)22(38)29-8-3-4-17(36)32-20(24(40)41)21(37)16-5-6-18(42-16)30-13(2)35/h5,7,12,15,19-21,34,37H,3-4,6,8-11,26H2,1-2H3,(H3,27,28)(H,29,38)(H,31,39)(H,32,36)(H,40,41)/b30-18-. The van der Waals surface area contributed by atoms with Crippen LogP contribution in [-0.2, 0) is 24.0 Å². The number of nitrogens with one attached hydrogen (secondary N) is 4. The monoisotopic (exact) mass is 610 g/mol. The number of carbonyl (C=O) groups excluding carboxylic acids is 4. The number of rotatable bonds is 14. The zero-order chi connectivity index (χ0) is 31.6. The highest BCUT2D eigenvalue weighted by molar-refractivity contribution is 8.17. The third-order valence-corrected chi connectivity index (χ3v) is 7.46. The van der Waals surface area contributed by atoms with Crippen LogP contribution in [0.1, 0.15) is 39.5 Å². The second-order valence-electron chi connectivity index (χ2n) is 9.82. The van der Waals surface area contributed by atoms with Crippen LogP contribution in [0, 0.1) is 5.41 Å². The first-order valence-corrected chi connectivity index (χ1v) is 14.0. The number of carbonyl (C=O) groups is 5. The van der Waals surface area contributed by atoms with E-state index >= 15 is 0 Å². The number of aliphatic hydroxyl groups is 2. The molecule has 2 rings (SSSR count). The zero-order valence-corrected chi connectivity index (χ0v) is 24.1. The van der Waals surface area contributed by atoms with Crippen molar-refractivity contribution in [1.82, 2.24) is 20.9 Å². The summed E-state index contributed by atoms with van der Waals surface area (Å²) in [4.78, 5) is 66.3. The number of nitrogens with two attached hydrogens (primary N) is 2. The van der Waals surface area contributed by atoms with Gasteiger partial charge in [-0.05, 0) is 19.8 Å². The van der Waals surface area contributed by atoms with E-state index < -0.39 is 59.9 Å². The highest BCUT2D eigenvalue weighted by Gasteiger charge is 2.33. The molecule has 0 spiro atoms. The Bertz CT molecular complexity index is 1170. The van der Waals surface area contributed by atoms with Crippen molar-refractivity contribution in [1.29, 1.82) is 5.41 Å². The third kappa shape index (κ3) is 10.6. The van der Waals surface area contributed by atoms with Crippen molar-refractivity contribution in [3.63, 3.8) is 0 Å². The first-order chi connectivity index (χ1) is 19.7. The average molecular weight is 611 g/mol. The normalized spacial score (nSPS) is 19.2. The summed E-state index contributed by atoms with van der Waals surface area (Å²) in [5, 5.41) is 45.1. The maximum absolute atomic E-state index is 12.9. The number of allylic oxidation sites excluding steroid dienone is 1. The predicted molar refractivity (Wildman–Crippen MR) is 154 cm³/mol. The summed E-state index contributed by atoms with van der Waals surface area (Å²) in [5.74, 6) is -4.00. The molecule has 2 aliphatic heterocycles. The largest absolute Gasteiger partial charge is 0.480 e. The molecule has 0 fully saturated rings. The van der Waals surface area contributed by atoms with Gasteiger partial charge in [-0.3, -0.25) is 24.6 Å². The van der Waals surface area contributed by atoms with Gasteiger partial charge in [0.1, 0.15) is 18.2 Å². The van der Waals surface area contributed by atoms with Crippen LogP contribution >= 0.6 is 11.8 Å². The summed E-state index contributed by atoms with van der Waals surface area (Å²) in [6, 6.07) is -3.97. The van der Waals surface area contributed by atoms with Gasteiger partial charge in [0, 0.05) is 44.3 Å². The molecule has 232 valence electrons. The number of hydrogen-bond acceptors (Lipinski definition) is 10. The maximum atomic E-state index is 12.9. The molecule has 0 radical (unpaired) electrons. The Balaban J connectivity index is 1.90. The van der Waals surface area contributed by atoms with Crippen molar-refractivity contribution in [3.05, 3.63) is 22.6 Å². The zero-order valence-electron chi connectivity index (χ0n) is 23.3. The van der Waals surface area contributed by atoms with Crippen LogP contribution in [0.15, 0.2) is 27.6 Å². The summed E-state index contributed by atoms with van der Waals surface area (Å²) in [5.41, 5.74) is 12.0. The van der Waals surface area contributed by atoms with Gasteiger partial charge >= 0.3 is 5.97 Å². The Hall–Kier alpha value is -3.80. The van der Waals surface area contributed by atoms with Crippen LogP contribution in [0.4, 0.5) is 0 Å². The molecule has 2 heterocycles. The molecular weight excluding hydrogens is 572 g/mol. The molecule has 0 aromatic carbocycles. The Morgan fingerprint density at radius 3 is 2.43 bits per heavy atom. The summed E-state index contributed by atoms with van der Waals surface area (Å²) in [6.07, 6.45) is 0.906. The Morgan fingerprint density at radius 1 is 1.17 bits per heavy atom. The molecule has 4 amide bonds. The SMILES string of the molecule is CC(=O)/N=C1/CC=C(C(O)C(NC(=O)CCCNC(=O)C(CC2=CCN(C(=N)N)C2)NC(=O)C(N)C(C)O)C(=O)O)S1. The van der Waals surface area contributed by atoms with Crippen molar-refractivity contribution in [2.24, 2.45) is 16.5 Å². The minimum atomic E-state index is -1.64. The molecule has 5 unspecified atom stereocenters. The predicted octanol–water partition coefficient (Wildman–Crippen LogP) is -2.50. The topological polar surface area (TPSA) is 274 Å². The lowest BCUT2D eigenvalue weighted by Gasteiger charge is -2.23. The van der Waals surface area contributed by atoms with E-state index in [4.69, 9.17) is 16.9 Å². The van der Waals surface area contributed by atoms with E-state index in [-0.39, 0.29) is 43.1 Å². The molecule has 11 N–H and O–H groups in total. The molecule has 0 saturated carbocycles. The Kier molecular flexibility index (Phi) is 13.1. The highest BCUT2D eigenvalue weighted by atomic mass is 32.2. The summed E-state index contributed by atoms with van der Waals surface area (Å²) >= 11 is 0.970. The fourth-order valence-corrected chi connectivity index (χ4v) is 5.04. The van der Waals surface area contributed by atoms with E-state index in [1.165, 1.54) is 19.9 Å². The number of thioether (sulfide) groups is 1. The molecule has 5 atom stereocenters. The van der Waals surface area contributed by atoms with Gasteiger partial charge in [-0.1, -0.05) is 29.5 Å². The van der Waals surface area contributed by atoms with E-state index in [0.29, 0.717) is 18.1 Å². The number of carboxylic acid groups (broad SMARTS) is 1. The van der Waals surface area contributed by atoms with Crippen molar-refractivity contribution < 1.29 is 39.3 Å². The molecule has 0 saturated heterocycles. The number of aliphatic hydroxyl groups excluding tert-OH is 2. The molecule has 2 aliphatic rings. The van der Waals surface area contributed by atoms with Crippen LogP contribution < -0.4 is 27.4 Å². The lowest BCUT2D eigenvalue weighted by atomic mass is 10.0. The number of nitrogens with zero attached hydrogens (tertiary/aromatic N) is 2. The van der Waals surface area contributed by atoms with Gasteiger partial charge in [0.25, 0.3) is 0 Å². The number of amides is 4. The van der Waals surface area contributed by atoms with E-state index in [0.717, 1.165) is 17.3 Å². The minimum Gasteiger partial charge on any atom is -0.480 e. The smallest absolute Gasteiger partial charge is 0.329 e. The fourth-order valence-electron chi connectivity index (χ4n) is 4.01. The van der Waals surface area contributed by atoms with Gasteiger partial charge in [-0.15, -0.1) is 0 Å². The molecule has 16 nitrogen and oxygen atoms in total. The molecule has 17 heteroatoms. The van der Waals surface area contributed by atoms with Crippen molar-refractivity contribution >= 4 is 52.4 Å². The second-order valence-corrected chi connectivity index (χ2v) is 11.0. The fraction of sp³-hybridized carbons (Fsp3) is 0.560. The third-order valence-electron chi connectivity index (χ3n) is 6.32. The molecular formula is C25H38N8O8S. The maximum Gasteiger partial charge on any atom is 0.329 e. The van der Waals surface area contributed by atoms with Crippen LogP contribution in [0.2, 0.25) is 0 Å². The molecule has 0 bridgehead atoms. The Labute approximate surface area is 246 Å². The number of aliphatic carboxylic acids is 1. The molecule has 0 aromatic rings. The number of guanidine groups is 1. The summed E-state index contributed by atoms with van der Waals surface area (Å²) < 4.78 is 0. The molecule has 0 aromatic heterocycles. The first kappa shape index (κ1) is 34.4. The second kappa shape index (κ2) is 16.0. The average Bonchev–Trinajstić information content (AvgIpc) is 3.57. The van der Waals surface area contributed by atoms with E-state index in [1.807, 2.05) is 0 Å². The Morgan fingerprint density at radius 2 is 1.86 bits per heavy atom. The van der Waals surface area contributed by atoms with Gasteiger partial charge < -0.3 is 47.6 Å². The van der Waals surface area contributed by atoms with Crippen molar-refractivity contribution in [2.45, 2.75) is 69.9 Å². The van der Waals surface area contributed by atoms with Gasteiger partial charge in [-0.2, -0.15) is 0 Å². The summed E-state index contributed by atoms with van der Waals surface area (Å²) in [7, 11) is 0. The van der Waals surface area contributed by atoms with Crippen LogP contribution in [0.5, 0.6) is 0 Å². The quantitative estimate of drug-likeness (QED) is 0.0427. The van der Waals surface area contributed by atoms with Gasteiger partial charge in [0.2, 0.25) is 23.6 Å². The molecule has 0 aliphatic carbocycles. The lowest BCUT2D eigenvalue weighted by molar-refractivity contribution is -0.144. The van der Waals surface area contributed by atoms with Crippen LogP contribution in [0.3, 0.4) is 0 Å². The molecule has 42 heavy (non-hydrogen) atoms. The number of carboxylic acids is 1. The van der Waals surface area contributed by atoms with Gasteiger partial charge in [0.15, 0.2) is 12.0 Å². The van der Waals surface area contributed by atoms with E-state index in [1.54, 1.807) is 11.0 Å². The van der Waals surface area contributed by atoms with Crippen LogP contribution in [0.25, 0.3) is 0 Å². The van der Waals surface area contributed by atoms with Gasteiger partial charge in [-0.25, -0.2) is 9.79 Å². The van der Waals surface area contributed by atoms with Crippen molar-refractivity contribution in [3.8, 4) is 0 Å². The highest BCUT2D eigenvalue weighted by Crippen LogP contribution is 2.32. The minimum absolute atomic E-state index is 0.00582. The lowest BCUT2D eigenvalue weighted by Crippen LogP contribution is -2.54. The van der Waals surface area contributed by atoms with Gasteiger partial charge in [0.05, 0.1) is 11.1 Å². The van der Waals surface area contributed by atoms with E-state index in [9.17, 15) is 39.3 Å². The number of aliphatic imine (C=N–C) groups is 1. The van der Waals surface area contributed by atoms with Crippen molar-refractivity contribution in [2.75, 3.05) is 19.6 Å². The first-order valence-electron chi connectivity index (χ1n) is 13.1. The van der Waals surface area contributed by atoms with E-state index in [2.05, 4.69) is 20.9 Å². The number of hydrogen-bond donors (Lipinski definition) is 9. The van der Waals surface area contributed by atoms with Crippen LogP contribution in [-0.4, -0.2) is 111 Å². The summed E-state index contributed by atoms with van der Waals surface area (Å²) in [6.45, 7) is 3.29.